The van der Waals surface area contributed by atoms with E-state index in [-0.39, 0.29) is 22.5 Å². The molecule has 10 heteroatoms. The molecule has 0 bridgehead atoms. The van der Waals surface area contributed by atoms with Crippen molar-refractivity contribution in [1.82, 2.24) is 9.97 Å². The number of nitrogens with one attached hydrogen (secondary N) is 2. The van der Waals surface area contributed by atoms with E-state index >= 15 is 0 Å². The number of rotatable bonds is 7. The van der Waals surface area contributed by atoms with Gasteiger partial charge < -0.3 is 10.1 Å². The van der Waals surface area contributed by atoms with Crippen LogP contribution in [-0.2, 0) is 14.8 Å². The molecule has 0 atom stereocenters. The van der Waals surface area contributed by atoms with Gasteiger partial charge in [0.15, 0.2) is 5.13 Å². The molecular weight excluding hydrogens is 448 g/mol. The van der Waals surface area contributed by atoms with Gasteiger partial charge in [0.05, 0.1) is 23.4 Å². The summed E-state index contributed by atoms with van der Waals surface area (Å²) in [6, 6.07) is 8.10. The highest BCUT2D eigenvalue weighted by molar-refractivity contribution is 7.92. The third-order valence-electron chi connectivity index (χ3n) is 5.40. The Morgan fingerprint density at radius 1 is 1.16 bits per heavy atom. The highest BCUT2D eigenvalue weighted by Crippen LogP contribution is 2.37. The lowest BCUT2D eigenvalue weighted by atomic mass is 10.1. The molecule has 0 aliphatic heterocycles. The molecule has 1 aromatic carbocycles. The first-order valence-corrected chi connectivity index (χ1v) is 12.6. The first kappa shape index (κ1) is 22.2. The second-order valence-corrected chi connectivity index (χ2v) is 10.3. The second-order valence-electron chi connectivity index (χ2n) is 7.61. The van der Waals surface area contributed by atoms with Crippen molar-refractivity contribution in [2.75, 3.05) is 17.1 Å². The van der Waals surface area contributed by atoms with E-state index in [1.807, 2.05) is 6.92 Å². The minimum Gasteiger partial charge on any atom is -0.495 e. The van der Waals surface area contributed by atoms with E-state index in [9.17, 15) is 13.2 Å². The number of thiazole rings is 1. The van der Waals surface area contributed by atoms with Gasteiger partial charge in [0, 0.05) is 18.3 Å². The van der Waals surface area contributed by atoms with Crippen LogP contribution in [-0.4, -0.2) is 31.4 Å². The maximum atomic E-state index is 13.1. The van der Waals surface area contributed by atoms with Gasteiger partial charge in [-0.15, -0.1) is 0 Å². The Hall–Kier alpha value is -2.98. The van der Waals surface area contributed by atoms with Crippen molar-refractivity contribution < 1.29 is 17.9 Å². The average molecular weight is 473 g/mol. The SMILES string of the molecule is COc1ccc(-c2sc(NC(=O)C3CCCC3)nc2C)cc1S(=O)(=O)Nc1ccncc1. The highest BCUT2D eigenvalue weighted by Gasteiger charge is 2.25. The number of methoxy groups -OCH3 is 1. The van der Waals surface area contributed by atoms with Crippen LogP contribution in [0.5, 0.6) is 5.75 Å². The first-order valence-electron chi connectivity index (χ1n) is 10.3. The molecule has 1 fully saturated rings. The van der Waals surface area contributed by atoms with Crippen LogP contribution in [0.2, 0.25) is 0 Å². The fourth-order valence-corrected chi connectivity index (χ4v) is 5.99. The van der Waals surface area contributed by atoms with E-state index in [1.165, 1.54) is 30.8 Å². The Kier molecular flexibility index (Phi) is 6.43. The monoisotopic (exact) mass is 472 g/mol. The number of nitrogens with zero attached hydrogens (tertiary/aromatic N) is 2. The lowest BCUT2D eigenvalue weighted by Crippen LogP contribution is -2.20. The number of carbonyl (C=O) groups excluding carboxylic acids is 1. The molecule has 1 amide bonds. The van der Waals surface area contributed by atoms with Crippen molar-refractivity contribution >= 4 is 38.1 Å². The Morgan fingerprint density at radius 2 is 1.88 bits per heavy atom. The van der Waals surface area contributed by atoms with Crippen molar-refractivity contribution in [1.29, 1.82) is 0 Å². The van der Waals surface area contributed by atoms with Crippen LogP contribution in [0, 0.1) is 12.8 Å². The molecule has 1 aliphatic carbocycles. The maximum absolute atomic E-state index is 13.1. The van der Waals surface area contributed by atoms with Crippen molar-refractivity contribution in [3.8, 4) is 16.2 Å². The first-order chi connectivity index (χ1) is 15.4. The molecule has 1 aliphatic rings. The van der Waals surface area contributed by atoms with E-state index in [4.69, 9.17) is 4.74 Å². The standard InChI is InChI=1S/C22H24N4O4S2/c1-14-20(31-22(24-14)25-21(27)15-5-3-4-6-15)16-7-8-18(30-2)19(13-16)32(28,29)26-17-9-11-23-12-10-17/h7-13,15H,3-6H2,1-2H3,(H,23,26)(H,24,25,27). The van der Waals surface area contributed by atoms with Crippen molar-refractivity contribution in [3.63, 3.8) is 0 Å². The van der Waals surface area contributed by atoms with Crippen LogP contribution in [0.1, 0.15) is 31.4 Å². The molecule has 2 N–H and O–H groups in total. The molecular formula is C22H24N4O4S2. The summed E-state index contributed by atoms with van der Waals surface area (Å²) in [6.45, 7) is 1.84. The number of anilines is 2. The molecule has 2 heterocycles. The van der Waals surface area contributed by atoms with Gasteiger partial charge in [-0.05, 0) is 55.7 Å². The van der Waals surface area contributed by atoms with Gasteiger partial charge in [0.25, 0.3) is 10.0 Å². The van der Waals surface area contributed by atoms with Crippen molar-refractivity contribution in [2.45, 2.75) is 37.5 Å². The Bertz CT molecular complexity index is 1220. The van der Waals surface area contributed by atoms with Crippen LogP contribution in [0.3, 0.4) is 0 Å². The van der Waals surface area contributed by atoms with E-state index < -0.39 is 10.0 Å². The number of hydrogen-bond donors (Lipinski definition) is 2. The Balaban J connectivity index is 1.63. The van der Waals surface area contributed by atoms with Gasteiger partial charge in [-0.3, -0.25) is 14.5 Å². The quantitative estimate of drug-likeness (QED) is 0.526. The average Bonchev–Trinajstić information content (AvgIpc) is 3.44. The number of aryl methyl sites for hydroxylation is 1. The van der Waals surface area contributed by atoms with Crippen molar-refractivity contribution in [3.05, 3.63) is 48.4 Å². The molecule has 0 unspecified atom stereocenters. The molecule has 0 spiro atoms. The zero-order chi connectivity index (χ0) is 22.7. The normalized spacial score (nSPS) is 14.3. The molecule has 4 rings (SSSR count). The number of pyridine rings is 1. The van der Waals surface area contributed by atoms with Crippen molar-refractivity contribution in [2.24, 2.45) is 5.92 Å². The Labute approximate surface area is 191 Å². The summed E-state index contributed by atoms with van der Waals surface area (Å²) >= 11 is 1.33. The van der Waals surface area contributed by atoms with Gasteiger partial charge in [-0.25, -0.2) is 13.4 Å². The van der Waals surface area contributed by atoms with Crippen LogP contribution in [0.4, 0.5) is 10.8 Å². The number of amides is 1. The maximum Gasteiger partial charge on any atom is 0.265 e. The molecule has 0 saturated heterocycles. The third-order valence-corrected chi connectivity index (χ3v) is 7.92. The van der Waals surface area contributed by atoms with Gasteiger partial charge in [0.1, 0.15) is 10.6 Å². The zero-order valence-corrected chi connectivity index (χ0v) is 19.4. The molecule has 1 saturated carbocycles. The summed E-state index contributed by atoms with van der Waals surface area (Å²) in [7, 11) is -2.49. The number of aromatic nitrogens is 2. The topological polar surface area (TPSA) is 110 Å². The van der Waals surface area contributed by atoms with Gasteiger partial charge in [-0.2, -0.15) is 0 Å². The van der Waals surface area contributed by atoms with Crippen LogP contribution < -0.4 is 14.8 Å². The third kappa shape index (κ3) is 4.76. The summed E-state index contributed by atoms with van der Waals surface area (Å²) in [6.07, 6.45) is 7.00. The lowest BCUT2D eigenvalue weighted by molar-refractivity contribution is -0.119. The fraction of sp³-hybridized carbons (Fsp3) is 0.318. The summed E-state index contributed by atoms with van der Waals surface area (Å²) in [5.74, 6) is 0.272. The van der Waals surface area contributed by atoms with E-state index in [2.05, 4.69) is 20.0 Å². The van der Waals surface area contributed by atoms with E-state index in [1.54, 1.807) is 30.3 Å². The van der Waals surface area contributed by atoms with Crippen LogP contribution >= 0.6 is 11.3 Å². The number of sulfonamides is 1. The number of benzene rings is 1. The van der Waals surface area contributed by atoms with Gasteiger partial charge in [0.2, 0.25) is 5.91 Å². The summed E-state index contributed by atoms with van der Waals surface area (Å²) < 4.78 is 34.0. The molecule has 32 heavy (non-hydrogen) atoms. The summed E-state index contributed by atoms with van der Waals surface area (Å²) in [5.41, 5.74) is 1.79. The Morgan fingerprint density at radius 3 is 2.56 bits per heavy atom. The minimum atomic E-state index is -3.91. The smallest absolute Gasteiger partial charge is 0.265 e. The molecule has 0 radical (unpaired) electrons. The van der Waals surface area contributed by atoms with E-state index in [0.29, 0.717) is 22.1 Å². The van der Waals surface area contributed by atoms with E-state index in [0.717, 1.165) is 30.6 Å². The van der Waals surface area contributed by atoms with Crippen LogP contribution in [0.15, 0.2) is 47.6 Å². The summed E-state index contributed by atoms with van der Waals surface area (Å²) in [4.78, 5) is 21.6. The van der Waals surface area contributed by atoms with Crippen LogP contribution in [0.25, 0.3) is 10.4 Å². The van der Waals surface area contributed by atoms with Gasteiger partial charge in [-0.1, -0.05) is 24.2 Å². The lowest BCUT2D eigenvalue weighted by Gasteiger charge is -2.13. The second kappa shape index (κ2) is 9.25. The number of carbonyl (C=O) groups is 1. The van der Waals surface area contributed by atoms with Gasteiger partial charge >= 0.3 is 0 Å². The molecule has 2 aromatic heterocycles. The largest absolute Gasteiger partial charge is 0.495 e. The highest BCUT2D eigenvalue weighted by atomic mass is 32.2. The molecule has 3 aromatic rings. The fourth-order valence-electron chi connectivity index (χ4n) is 3.77. The minimum absolute atomic E-state index is 0.00217. The molecule has 168 valence electrons. The number of ether oxygens (including phenoxy) is 1. The predicted octanol–water partition coefficient (Wildman–Crippen LogP) is 4.45. The number of hydrogen-bond acceptors (Lipinski definition) is 7. The molecule has 8 nitrogen and oxygen atoms in total. The summed E-state index contributed by atoms with van der Waals surface area (Å²) in [5, 5.41) is 3.44. The zero-order valence-electron chi connectivity index (χ0n) is 17.8. The predicted molar refractivity (Wildman–Crippen MR) is 124 cm³/mol.